The van der Waals surface area contributed by atoms with E-state index < -0.39 is 6.61 Å². The van der Waals surface area contributed by atoms with Crippen molar-refractivity contribution in [2.75, 3.05) is 6.54 Å². The van der Waals surface area contributed by atoms with Crippen LogP contribution in [0.1, 0.15) is 35.7 Å². The second-order valence-electron chi connectivity index (χ2n) is 6.87. The number of hydrogen-bond donors (Lipinski definition) is 2. The molecule has 156 valence electrons. The molecule has 2 atom stereocenters. The fourth-order valence-electron chi connectivity index (χ4n) is 3.23. The molecule has 0 saturated carbocycles. The zero-order valence-corrected chi connectivity index (χ0v) is 16.6. The van der Waals surface area contributed by atoms with Crippen LogP contribution >= 0.6 is 0 Å². The molecule has 3 aromatic rings. The van der Waals surface area contributed by atoms with E-state index in [2.05, 4.69) is 15.4 Å². The normalized spacial score (nSPS) is 12.9. The molecular weight excluding hydrogens is 386 g/mol. The number of benzene rings is 3. The highest BCUT2D eigenvalue weighted by molar-refractivity contribution is 5.78. The molecule has 0 aliphatic rings. The topological polar surface area (TPSA) is 50.4 Å². The number of hydrogen-bond acceptors (Lipinski definition) is 3. The van der Waals surface area contributed by atoms with Crippen molar-refractivity contribution in [3.8, 4) is 5.75 Å². The van der Waals surface area contributed by atoms with Crippen LogP contribution in [0.5, 0.6) is 5.75 Å². The van der Waals surface area contributed by atoms with Gasteiger partial charge in [-0.1, -0.05) is 72.8 Å². The molecule has 3 rings (SSSR count). The van der Waals surface area contributed by atoms with Crippen LogP contribution in [0.25, 0.3) is 0 Å². The van der Waals surface area contributed by atoms with Crippen LogP contribution in [0.15, 0.2) is 84.9 Å². The van der Waals surface area contributed by atoms with Gasteiger partial charge in [-0.3, -0.25) is 10.1 Å². The molecule has 0 bridgehead atoms. The van der Waals surface area contributed by atoms with Gasteiger partial charge in [-0.2, -0.15) is 8.78 Å². The van der Waals surface area contributed by atoms with Crippen molar-refractivity contribution in [2.45, 2.75) is 25.6 Å². The van der Waals surface area contributed by atoms with Crippen LogP contribution in [0.3, 0.4) is 0 Å². The molecule has 4 nitrogen and oxygen atoms in total. The second kappa shape index (κ2) is 10.5. The van der Waals surface area contributed by atoms with Crippen LogP contribution in [0.2, 0.25) is 0 Å². The van der Waals surface area contributed by atoms with Crippen molar-refractivity contribution in [3.05, 3.63) is 102 Å². The van der Waals surface area contributed by atoms with Gasteiger partial charge in [0.05, 0.1) is 18.6 Å². The Balaban J connectivity index is 1.68. The fourth-order valence-corrected chi connectivity index (χ4v) is 3.23. The summed E-state index contributed by atoms with van der Waals surface area (Å²) in [5.74, 6) is -0.0417. The largest absolute Gasteiger partial charge is 0.435 e. The Bertz CT molecular complexity index is 919. The molecule has 0 radical (unpaired) electrons. The molecule has 3 aromatic carbocycles. The van der Waals surface area contributed by atoms with E-state index in [1.165, 1.54) is 12.1 Å². The van der Waals surface area contributed by atoms with Gasteiger partial charge in [-0.15, -0.1) is 0 Å². The van der Waals surface area contributed by atoms with Crippen molar-refractivity contribution in [1.82, 2.24) is 10.6 Å². The lowest BCUT2D eigenvalue weighted by molar-refractivity contribution is -0.121. The van der Waals surface area contributed by atoms with Gasteiger partial charge in [0.15, 0.2) is 0 Å². The minimum Gasteiger partial charge on any atom is -0.435 e. The van der Waals surface area contributed by atoms with Crippen molar-refractivity contribution in [2.24, 2.45) is 0 Å². The Labute approximate surface area is 174 Å². The summed E-state index contributed by atoms with van der Waals surface area (Å²) in [7, 11) is 0. The summed E-state index contributed by atoms with van der Waals surface area (Å²) < 4.78 is 29.2. The lowest BCUT2D eigenvalue weighted by atomic mass is 9.98. The molecule has 0 aliphatic heterocycles. The van der Waals surface area contributed by atoms with E-state index in [9.17, 15) is 13.6 Å². The smallest absolute Gasteiger partial charge is 0.387 e. The number of ether oxygens (including phenoxy) is 1. The van der Waals surface area contributed by atoms with Crippen LogP contribution in [0, 0.1) is 0 Å². The van der Waals surface area contributed by atoms with E-state index in [1.807, 2.05) is 67.6 Å². The molecule has 1 amide bonds. The quantitative estimate of drug-likeness (QED) is 0.531. The number of carbonyl (C=O) groups excluding carboxylic acids is 1. The average molecular weight is 410 g/mol. The maximum Gasteiger partial charge on any atom is 0.387 e. The maximum absolute atomic E-state index is 12.5. The molecule has 0 saturated heterocycles. The predicted octanol–water partition coefficient (Wildman–Crippen LogP) is 4.84. The van der Waals surface area contributed by atoms with Crippen molar-refractivity contribution >= 4 is 5.91 Å². The highest BCUT2D eigenvalue weighted by Crippen LogP contribution is 2.24. The number of nitrogens with one attached hydrogen (secondary N) is 2. The third-order valence-corrected chi connectivity index (χ3v) is 4.72. The monoisotopic (exact) mass is 410 g/mol. The van der Waals surface area contributed by atoms with Crippen LogP contribution in [-0.2, 0) is 4.79 Å². The molecule has 0 aromatic heterocycles. The summed E-state index contributed by atoms with van der Waals surface area (Å²) in [4.78, 5) is 12.5. The minimum atomic E-state index is -2.87. The summed E-state index contributed by atoms with van der Waals surface area (Å²) in [6, 6.07) is 25.4. The first-order valence-corrected chi connectivity index (χ1v) is 9.70. The lowest BCUT2D eigenvalue weighted by Gasteiger charge is -2.21. The lowest BCUT2D eigenvalue weighted by Crippen LogP contribution is -2.37. The number of amides is 1. The third-order valence-electron chi connectivity index (χ3n) is 4.72. The first-order chi connectivity index (χ1) is 14.5. The minimum absolute atomic E-state index is 0.0926. The molecule has 0 unspecified atom stereocenters. The molecule has 0 fully saturated rings. The van der Waals surface area contributed by atoms with Crippen LogP contribution < -0.4 is 15.4 Å². The van der Waals surface area contributed by atoms with E-state index in [0.29, 0.717) is 0 Å². The molecule has 30 heavy (non-hydrogen) atoms. The van der Waals surface area contributed by atoms with E-state index in [-0.39, 0.29) is 30.3 Å². The molecule has 0 heterocycles. The number of carbonyl (C=O) groups is 1. The first-order valence-electron chi connectivity index (χ1n) is 9.70. The van der Waals surface area contributed by atoms with Gasteiger partial charge >= 0.3 is 6.61 Å². The molecule has 0 aliphatic carbocycles. The Morgan fingerprint density at radius 1 is 0.833 bits per heavy atom. The Hall–Kier alpha value is -3.25. The van der Waals surface area contributed by atoms with Crippen molar-refractivity contribution in [1.29, 1.82) is 0 Å². The predicted molar refractivity (Wildman–Crippen MR) is 112 cm³/mol. The fraction of sp³-hybridized carbons (Fsp3) is 0.208. The molecule has 2 N–H and O–H groups in total. The SMILES string of the molecule is C[C@H](NC(=O)CN[C@@H](c1ccccc1)c1ccc(OC(F)F)cc1)c1ccccc1. The van der Waals surface area contributed by atoms with Gasteiger partial charge in [0.2, 0.25) is 5.91 Å². The third kappa shape index (κ3) is 6.12. The van der Waals surface area contributed by atoms with E-state index in [0.717, 1.165) is 16.7 Å². The summed E-state index contributed by atoms with van der Waals surface area (Å²) in [5.41, 5.74) is 2.83. The zero-order chi connectivity index (χ0) is 21.3. The first kappa shape index (κ1) is 21.5. The van der Waals surface area contributed by atoms with Gasteiger partial charge < -0.3 is 10.1 Å². The Kier molecular flexibility index (Phi) is 7.51. The van der Waals surface area contributed by atoms with Gasteiger partial charge in [0.25, 0.3) is 0 Å². The Morgan fingerprint density at radius 2 is 1.37 bits per heavy atom. The number of rotatable bonds is 9. The summed E-state index contributed by atoms with van der Waals surface area (Å²) in [6.07, 6.45) is 0. The average Bonchev–Trinajstić information content (AvgIpc) is 2.76. The maximum atomic E-state index is 12.5. The van der Waals surface area contributed by atoms with E-state index in [1.54, 1.807) is 12.1 Å². The number of alkyl halides is 2. The van der Waals surface area contributed by atoms with Gasteiger partial charge in [0.1, 0.15) is 5.75 Å². The van der Waals surface area contributed by atoms with Crippen LogP contribution in [-0.4, -0.2) is 19.1 Å². The zero-order valence-electron chi connectivity index (χ0n) is 16.6. The molecule has 0 spiro atoms. The second-order valence-corrected chi connectivity index (χ2v) is 6.87. The van der Waals surface area contributed by atoms with E-state index in [4.69, 9.17) is 0 Å². The molecular formula is C24H24F2N2O2. The van der Waals surface area contributed by atoms with Gasteiger partial charge in [-0.05, 0) is 35.7 Å². The van der Waals surface area contributed by atoms with Crippen molar-refractivity contribution < 1.29 is 18.3 Å². The number of halogens is 2. The standard InChI is InChI=1S/C24H24F2N2O2/c1-17(18-8-4-2-5-9-18)28-22(29)16-27-23(19-10-6-3-7-11-19)20-12-14-21(15-13-20)30-24(25)26/h2-15,17,23-24,27H,16H2,1H3,(H,28,29)/t17-,23-/m0/s1. The van der Waals surface area contributed by atoms with Crippen LogP contribution in [0.4, 0.5) is 8.78 Å². The van der Waals surface area contributed by atoms with Crippen molar-refractivity contribution in [3.63, 3.8) is 0 Å². The summed E-state index contributed by atoms with van der Waals surface area (Å²) in [6.45, 7) is -0.829. The Morgan fingerprint density at radius 3 is 1.93 bits per heavy atom. The molecule has 6 heteroatoms. The highest BCUT2D eigenvalue weighted by atomic mass is 19.3. The summed E-state index contributed by atoms with van der Waals surface area (Å²) in [5, 5.41) is 6.25. The summed E-state index contributed by atoms with van der Waals surface area (Å²) >= 11 is 0. The van der Waals surface area contributed by atoms with E-state index >= 15 is 0 Å². The van der Waals surface area contributed by atoms with Gasteiger partial charge in [0, 0.05) is 0 Å². The van der Waals surface area contributed by atoms with Gasteiger partial charge in [-0.25, -0.2) is 0 Å². The highest BCUT2D eigenvalue weighted by Gasteiger charge is 2.17.